The molecule has 0 atom stereocenters. The standard InChI is InChI=1S/C10H13Br2NO/c1-10(2,6-13)14-9-7(11)4-3-5-8(9)12/h3-5H,6,13H2,1-2H3. The summed E-state index contributed by atoms with van der Waals surface area (Å²) < 4.78 is 7.64. The molecule has 0 fully saturated rings. The lowest BCUT2D eigenvalue weighted by Crippen LogP contribution is -2.37. The van der Waals surface area contributed by atoms with Crippen LogP contribution in [0, 0.1) is 0 Å². The molecule has 0 heterocycles. The van der Waals surface area contributed by atoms with Gasteiger partial charge in [-0.15, -0.1) is 0 Å². The molecule has 0 saturated carbocycles. The first-order chi connectivity index (χ1) is 6.46. The molecule has 0 amide bonds. The normalized spacial score (nSPS) is 11.5. The Bertz CT molecular complexity index is 306. The third kappa shape index (κ3) is 2.97. The van der Waals surface area contributed by atoms with E-state index in [0.717, 1.165) is 14.7 Å². The van der Waals surface area contributed by atoms with Gasteiger partial charge in [0.25, 0.3) is 0 Å². The van der Waals surface area contributed by atoms with Gasteiger partial charge in [0.05, 0.1) is 8.95 Å². The van der Waals surface area contributed by atoms with Crippen molar-refractivity contribution in [3.63, 3.8) is 0 Å². The van der Waals surface area contributed by atoms with Crippen LogP contribution < -0.4 is 10.5 Å². The van der Waals surface area contributed by atoms with Gasteiger partial charge in [-0.05, 0) is 57.8 Å². The lowest BCUT2D eigenvalue weighted by atomic mass is 10.1. The van der Waals surface area contributed by atoms with Crippen molar-refractivity contribution in [1.29, 1.82) is 0 Å². The lowest BCUT2D eigenvalue weighted by Gasteiger charge is -2.25. The number of nitrogens with two attached hydrogens (primary N) is 1. The number of rotatable bonds is 3. The molecule has 0 radical (unpaired) electrons. The summed E-state index contributed by atoms with van der Waals surface area (Å²) in [5.41, 5.74) is 5.24. The predicted octanol–water partition coefficient (Wildman–Crippen LogP) is 3.33. The fourth-order valence-electron chi connectivity index (χ4n) is 0.898. The minimum atomic E-state index is -0.355. The van der Waals surface area contributed by atoms with Crippen molar-refractivity contribution in [1.82, 2.24) is 0 Å². The molecule has 0 aliphatic heterocycles. The average Bonchev–Trinajstić information content (AvgIpc) is 2.12. The minimum Gasteiger partial charge on any atom is -0.484 e. The molecular formula is C10H13Br2NO. The van der Waals surface area contributed by atoms with Crippen LogP contribution in [0.1, 0.15) is 13.8 Å². The first-order valence-electron chi connectivity index (χ1n) is 4.29. The number of ether oxygens (including phenoxy) is 1. The van der Waals surface area contributed by atoms with Crippen molar-refractivity contribution in [2.24, 2.45) is 5.73 Å². The van der Waals surface area contributed by atoms with E-state index >= 15 is 0 Å². The van der Waals surface area contributed by atoms with Gasteiger partial charge in [0.15, 0.2) is 0 Å². The molecule has 0 aliphatic carbocycles. The largest absolute Gasteiger partial charge is 0.484 e. The average molecular weight is 323 g/mol. The molecule has 1 aromatic carbocycles. The molecular weight excluding hydrogens is 310 g/mol. The van der Waals surface area contributed by atoms with Crippen molar-refractivity contribution < 1.29 is 4.74 Å². The number of hydrogen-bond acceptors (Lipinski definition) is 2. The molecule has 2 nitrogen and oxygen atoms in total. The van der Waals surface area contributed by atoms with Crippen LogP contribution in [0.2, 0.25) is 0 Å². The van der Waals surface area contributed by atoms with Gasteiger partial charge in [0.1, 0.15) is 11.4 Å². The third-order valence-corrected chi connectivity index (χ3v) is 3.04. The zero-order valence-corrected chi connectivity index (χ0v) is 11.4. The first kappa shape index (κ1) is 12.0. The van der Waals surface area contributed by atoms with E-state index in [0.29, 0.717) is 6.54 Å². The zero-order valence-electron chi connectivity index (χ0n) is 8.18. The summed E-state index contributed by atoms with van der Waals surface area (Å²) in [7, 11) is 0. The van der Waals surface area contributed by atoms with Gasteiger partial charge in [-0.3, -0.25) is 0 Å². The summed E-state index contributed by atoms with van der Waals surface area (Å²) in [5.74, 6) is 0.794. The van der Waals surface area contributed by atoms with Crippen molar-refractivity contribution >= 4 is 31.9 Å². The number of halogens is 2. The van der Waals surface area contributed by atoms with Crippen molar-refractivity contribution in [2.45, 2.75) is 19.4 Å². The fourth-order valence-corrected chi connectivity index (χ4v) is 2.06. The Labute approximate surface area is 101 Å². The zero-order chi connectivity index (χ0) is 10.8. The molecule has 1 rings (SSSR count). The second-order valence-electron chi connectivity index (χ2n) is 3.62. The SMILES string of the molecule is CC(C)(CN)Oc1c(Br)cccc1Br. The molecule has 78 valence electrons. The van der Waals surface area contributed by atoms with Gasteiger partial charge >= 0.3 is 0 Å². The van der Waals surface area contributed by atoms with Gasteiger partial charge in [0.2, 0.25) is 0 Å². The highest BCUT2D eigenvalue weighted by Gasteiger charge is 2.20. The van der Waals surface area contributed by atoms with Gasteiger partial charge in [0, 0.05) is 6.54 Å². The summed E-state index contributed by atoms with van der Waals surface area (Å²) in [4.78, 5) is 0. The summed E-state index contributed by atoms with van der Waals surface area (Å²) >= 11 is 6.87. The fraction of sp³-hybridized carbons (Fsp3) is 0.400. The van der Waals surface area contributed by atoms with E-state index in [1.807, 2.05) is 32.0 Å². The van der Waals surface area contributed by atoms with E-state index < -0.39 is 0 Å². The van der Waals surface area contributed by atoms with Crippen LogP contribution in [0.5, 0.6) is 5.75 Å². The van der Waals surface area contributed by atoms with E-state index in [4.69, 9.17) is 10.5 Å². The van der Waals surface area contributed by atoms with Crippen LogP contribution in [0.4, 0.5) is 0 Å². The van der Waals surface area contributed by atoms with Crippen molar-refractivity contribution in [3.8, 4) is 5.75 Å². The van der Waals surface area contributed by atoms with Crippen LogP contribution in [0.25, 0.3) is 0 Å². The summed E-state index contributed by atoms with van der Waals surface area (Å²) in [6.07, 6.45) is 0. The van der Waals surface area contributed by atoms with E-state index in [2.05, 4.69) is 31.9 Å². The Morgan fingerprint density at radius 3 is 2.21 bits per heavy atom. The second-order valence-corrected chi connectivity index (χ2v) is 5.33. The molecule has 0 bridgehead atoms. The van der Waals surface area contributed by atoms with Crippen LogP contribution in [0.3, 0.4) is 0 Å². The van der Waals surface area contributed by atoms with E-state index in [-0.39, 0.29) is 5.60 Å². The van der Waals surface area contributed by atoms with Crippen LogP contribution >= 0.6 is 31.9 Å². The second kappa shape index (κ2) is 4.64. The van der Waals surface area contributed by atoms with E-state index in [1.165, 1.54) is 0 Å². The Balaban J connectivity index is 2.97. The molecule has 0 saturated heterocycles. The van der Waals surface area contributed by atoms with Crippen LogP contribution in [-0.4, -0.2) is 12.1 Å². The van der Waals surface area contributed by atoms with Crippen molar-refractivity contribution in [3.05, 3.63) is 27.1 Å². The maximum absolute atomic E-state index is 5.79. The topological polar surface area (TPSA) is 35.2 Å². The molecule has 1 aromatic rings. The molecule has 0 spiro atoms. The maximum atomic E-state index is 5.79. The smallest absolute Gasteiger partial charge is 0.148 e. The molecule has 2 N–H and O–H groups in total. The summed E-state index contributed by atoms with van der Waals surface area (Å²) in [5, 5.41) is 0. The highest BCUT2D eigenvalue weighted by atomic mass is 79.9. The third-order valence-electron chi connectivity index (χ3n) is 1.79. The highest BCUT2D eigenvalue weighted by molar-refractivity contribution is 9.11. The maximum Gasteiger partial charge on any atom is 0.148 e. The summed E-state index contributed by atoms with van der Waals surface area (Å²) in [6, 6.07) is 5.82. The Kier molecular flexibility index (Phi) is 3.98. The molecule has 14 heavy (non-hydrogen) atoms. The number of benzene rings is 1. The Morgan fingerprint density at radius 2 is 1.79 bits per heavy atom. The molecule has 0 unspecified atom stereocenters. The monoisotopic (exact) mass is 321 g/mol. The van der Waals surface area contributed by atoms with Crippen LogP contribution in [-0.2, 0) is 0 Å². The Morgan fingerprint density at radius 1 is 1.29 bits per heavy atom. The van der Waals surface area contributed by atoms with Gasteiger partial charge < -0.3 is 10.5 Å². The van der Waals surface area contributed by atoms with Gasteiger partial charge in [-0.1, -0.05) is 6.07 Å². The van der Waals surface area contributed by atoms with Crippen molar-refractivity contribution in [2.75, 3.05) is 6.54 Å². The molecule has 4 heteroatoms. The quantitative estimate of drug-likeness (QED) is 0.926. The Hall–Kier alpha value is -0.0600. The molecule has 0 aromatic heterocycles. The van der Waals surface area contributed by atoms with E-state index in [1.54, 1.807) is 0 Å². The predicted molar refractivity (Wildman–Crippen MR) is 65.6 cm³/mol. The molecule has 0 aliphatic rings. The van der Waals surface area contributed by atoms with E-state index in [9.17, 15) is 0 Å². The number of hydrogen-bond donors (Lipinski definition) is 1. The van der Waals surface area contributed by atoms with Gasteiger partial charge in [-0.2, -0.15) is 0 Å². The van der Waals surface area contributed by atoms with Gasteiger partial charge in [-0.25, -0.2) is 0 Å². The lowest BCUT2D eigenvalue weighted by molar-refractivity contribution is 0.116. The highest BCUT2D eigenvalue weighted by Crippen LogP contribution is 2.35. The minimum absolute atomic E-state index is 0.355. The van der Waals surface area contributed by atoms with Crippen LogP contribution in [0.15, 0.2) is 27.1 Å². The first-order valence-corrected chi connectivity index (χ1v) is 5.88. The summed E-state index contributed by atoms with van der Waals surface area (Å²) in [6.45, 7) is 4.39. The number of para-hydroxylation sites is 1.